The number of carbonyl (C=O) groups is 11. The number of allylic oxidation sites excluding steroid dienone is 2. The molecule has 11 amide bonds. The van der Waals surface area contributed by atoms with E-state index in [1.165, 1.54) is 82.8 Å². The summed E-state index contributed by atoms with van der Waals surface area (Å²) in [5, 5.41) is 33.9. The van der Waals surface area contributed by atoms with Gasteiger partial charge in [-0.05, 0) is 94.3 Å². The van der Waals surface area contributed by atoms with E-state index in [1.54, 1.807) is 74.5 Å². The summed E-state index contributed by atoms with van der Waals surface area (Å²) in [5.41, 5.74) is 0. The summed E-state index contributed by atoms with van der Waals surface area (Å²) in [6.45, 7) is 28.5. The first-order valence-electron chi connectivity index (χ1n) is 31.2. The molecule has 24 heteroatoms. The van der Waals surface area contributed by atoms with Crippen molar-refractivity contribution in [3.63, 3.8) is 0 Å². The zero-order valence-corrected chi connectivity index (χ0v) is 57.1. The monoisotopic (exact) mass is 1230 g/mol. The lowest BCUT2D eigenvalue weighted by molar-refractivity contribution is -0.157. The van der Waals surface area contributed by atoms with E-state index < -0.39 is 168 Å². The summed E-state index contributed by atoms with van der Waals surface area (Å²) in [6, 6.07) is -14.4. The average Bonchev–Trinajstić information content (AvgIpc) is 1.27. The molecule has 1 rings (SSSR count). The highest BCUT2D eigenvalue weighted by Crippen LogP contribution is 2.26. The zero-order valence-electron chi connectivity index (χ0n) is 57.1. The van der Waals surface area contributed by atoms with Gasteiger partial charge in [-0.1, -0.05) is 116 Å². The predicted molar refractivity (Wildman–Crippen MR) is 334 cm³/mol. The summed E-state index contributed by atoms with van der Waals surface area (Å²) in [5.74, 6) is -10.9. The van der Waals surface area contributed by atoms with Gasteiger partial charge in [-0.25, -0.2) is 0 Å². The van der Waals surface area contributed by atoms with Crippen molar-refractivity contribution < 1.29 is 63.0 Å². The van der Waals surface area contributed by atoms with Gasteiger partial charge in [-0.3, -0.25) is 52.7 Å². The number of aliphatic hydroxyl groups is 2. The van der Waals surface area contributed by atoms with Crippen molar-refractivity contribution in [2.75, 3.05) is 55.9 Å². The Hall–Kier alpha value is -6.17. The Morgan fingerprint density at radius 3 is 1.31 bits per heavy atom. The Bertz CT molecular complexity index is 2380. The molecule has 87 heavy (non-hydrogen) atoms. The van der Waals surface area contributed by atoms with E-state index >= 15 is 9.59 Å². The number of aliphatic hydroxyl groups excluding tert-OH is 2. The third-order valence-electron chi connectivity index (χ3n) is 17.0. The van der Waals surface area contributed by atoms with Gasteiger partial charge in [-0.15, -0.1) is 0 Å². The smallest absolute Gasteiger partial charge is 0.248 e. The van der Waals surface area contributed by atoms with Crippen LogP contribution in [-0.2, 0) is 52.7 Å². The number of amides is 11. The van der Waals surface area contributed by atoms with Crippen molar-refractivity contribution >= 4 is 65.0 Å². The van der Waals surface area contributed by atoms with Crippen molar-refractivity contribution in [3.8, 4) is 0 Å². The van der Waals surface area contributed by atoms with Crippen LogP contribution in [0.1, 0.15) is 156 Å². The molecule has 1 heterocycles. The third-order valence-corrected chi connectivity index (χ3v) is 17.0. The van der Waals surface area contributed by atoms with Gasteiger partial charge in [0.1, 0.15) is 66.5 Å². The second-order valence-electron chi connectivity index (χ2n) is 26.2. The van der Waals surface area contributed by atoms with Crippen molar-refractivity contribution in [2.24, 2.45) is 41.4 Å². The molecule has 0 radical (unpaired) electrons. The number of hydrogen-bond acceptors (Lipinski definition) is 13. The standard InChI is InChI=1S/C63H113N11O13/c1-25-28-29-40(15)52(76)51-56(80)66-43(27-3)58(82)71(21)47(33-75)61(85)73(23)50(39(14)26-2)55(79)67-48(37(10)11)62(86)68(18)44(30-34(4)5)54(78)64-41(16)53(77)65-42(17)57(81)69(19)45(31-35(6)7)59(83)70(20)46(32-36(8)9)60(84)72(22)49(38(12)13)63(87)74(51)24/h25,28,34-52,75-76H,26-27,29-33H2,1-24H3,(H,64,78)(H,65,77)(H,66,80)(H,67,79)/b28-25+/t39?,40-,41-,42+,43+,44-,45+,46+,47?,48-,49+,50+,51?,52-/m1/s1. The third kappa shape index (κ3) is 21.0. The SMILES string of the molecule is C/C=C/C[C@@H](C)[C@@H](O)C1C(=O)N[C@@H](CC)C(=O)N(C)C(CO)C(=O)N(C)[C@@H](C(C)CC)C(=O)N[C@H](C(C)C)C(=O)N(C)[C@H](CC(C)C)C(=O)N[C@H](C)C(=O)N[C@@H](C)C(=O)N(C)[C@@H](CC(C)C)C(=O)N(C)[C@@H](CC(C)C)C(=O)N(C)[C@@H](C(C)C)C(=O)N1C. The number of rotatable bonds is 16. The number of nitrogens with one attached hydrogen (secondary N) is 4. The molecule has 1 aliphatic heterocycles. The fourth-order valence-electron chi connectivity index (χ4n) is 11.1. The molecule has 1 aliphatic rings. The predicted octanol–water partition coefficient (Wildman–Crippen LogP) is 2.63. The summed E-state index contributed by atoms with van der Waals surface area (Å²) in [7, 11) is 9.65. The van der Waals surface area contributed by atoms with Crippen LogP contribution < -0.4 is 21.3 Å². The molecule has 0 spiro atoms. The molecule has 24 nitrogen and oxygen atoms in total. The molecule has 14 atom stereocenters. The Morgan fingerprint density at radius 2 is 0.862 bits per heavy atom. The molecule has 498 valence electrons. The van der Waals surface area contributed by atoms with Crippen LogP contribution in [0.4, 0.5) is 0 Å². The van der Waals surface area contributed by atoms with E-state index in [9.17, 15) is 53.4 Å². The minimum atomic E-state index is -1.67. The lowest BCUT2D eigenvalue weighted by Crippen LogP contribution is -2.64. The molecule has 0 aliphatic carbocycles. The van der Waals surface area contributed by atoms with Gasteiger partial charge >= 0.3 is 0 Å². The van der Waals surface area contributed by atoms with Gasteiger partial charge in [0.25, 0.3) is 0 Å². The van der Waals surface area contributed by atoms with Crippen molar-refractivity contribution in [3.05, 3.63) is 12.2 Å². The normalized spacial score (nSPS) is 27.7. The maximum absolute atomic E-state index is 15.2. The van der Waals surface area contributed by atoms with E-state index in [4.69, 9.17) is 0 Å². The zero-order chi connectivity index (χ0) is 67.6. The first-order chi connectivity index (χ1) is 40.2. The molecule has 6 N–H and O–H groups in total. The highest BCUT2D eigenvalue weighted by molar-refractivity contribution is 6.00. The van der Waals surface area contributed by atoms with E-state index in [0.717, 1.165) is 14.7 Å². The van der Waals surface area contributed by atoms with Gasteiger partial charge in [-0.2, -0.15) is 0 Å². The summed E-state index contributed by atoms with van der Waals surface area (Å²) in [4.78, 5) is 169. The minimum absolute atomic E-state index is 0.0628. The molecule has 0 aromatic rings. The van der Waals surface area contributed by atoms with Gasteiger partial charge in [0.15, 0.2) is 0 Å². The quantitative estimate of drug-likeness (QED) is 0.121. The van der Waals surface area contributed by atoms with E-state index in [1.807, 2.05) is 41.5 Å². The number of likely N-dealkylation sites (N-methyl/N-ethyl adjacent to an activating group) is 7. The minimum Gasteiger partial charge on any atom is -0.394 e. The summed E-state index contributed by atoms with van der Waals surface area (Å²) < 4.78 is 0. The second-order valence-corrected chi connectivity index (χ2v) is 26.2. The van der Waals surface area contributed by atoms with Crippen LogP contribution >= 0.6 is 0 Å². The fraction of sp³-hybridized carbons (Fsp3) is 0.794. The van der Waals surface area contributed by atoms with E-state index in [2.05, 4.69) is 21.3 Å². The van der Waals surface area contributed by atoms with E-state index in [-0.39, 0.29) is 49.9 Å². The molecule has 1 saturated heterocycles. The molecule has 3 unspecified atom stereocenters. The number of nitrogens with zero attached hydrogens (tertiary/aromatic N) is 7. The maximum atomic E-state index is 15.2. The van der Waals surface area contributed by atoms with Gasteiger partial charge in [0.05, 0.1) is 12.7 Å². The number of hydrogen-bond donors (Lipinski definition) is 6. The summed E-state index contributed by atoms with van der Waals surface area (Å²) >= 11 is 0. The van der Waals surface area contributed by atoms with Crippen molar-refractivity contribution in [1.29, 1.82) is 0 Å². The van der Waals surface area contributed by atoms with Crippen LogP contribution in [0.25, 0.3) is 0 Å². The van der Waals surface area contributed by atoms with Crippen LogP contribution in [0, 0.1) is 41.4 Å². The molecule has 0 aromatic heterocycles. The first-order valence-corrected chi connectivity index (χ1v) is 31.2. The maximum Gasteiger partial charge on any atom is 0.248 e. The second kappa shape index (κ2) is 35.7. The van der Waals surface area contributed by atoms with Gasteiger partial charge in [0.2, 0.25) is 65.0 Å². The van der Waals surface area contributed by atoms with Crippen LogP contribution in [0.2, 0.25) is 0 Å². The van der Waals surface area contributed by atoms with Crippen molar-refractivity contribution in [2.45, 2.75) is 229 Å². The molecule has 0 aromatic carbocycles. The molecular formula is C63H113N11O13. The topological polar surface area (TPSA) is 299 Å². The van der Waals surface area contributed by atoms with Crippen LogP contribution in [0.5, 0.6) is 0 Å². The van der Waals surface area contributed by atoms with Gasteiger partial charge < -0.3 is 65.8 Å². The first kappa shape index (κ1) is 78.8. The van der Waals surface area contributed by atoms with Gasteiger partial charge in [0, 0.05) is 49.3 Å². The molecule has 1 fully saturated rings. The molecule has 0 bridgehead atoms. The fourth-order valence-corrected chi connectivity index (χ4v) is 11.1. The number of carbonyl (C=O) groups excluding carboxylic acids is 11. The summed E-state index contributed by atoms with van der Waals surface area (Å²) in [6.07, 6.45) is 3.00. The molecule has 0 saturated carbocycles. The lowest BCUT2D eigenvalue weighted by atomic mass is 9.91. The average molecular weight is 1230 g/mol. The highest BCUT2D eigenvalue weighted by Gasteiger charge is 2.46. The highest BCUT2D eigenvalue weighted by atomic mass is 16.3. The Labute approximate surface area is 520 Å². The van der Waals surface area contributed by atoms with Crippen LogP contribution in [0.15, 0.2) is 12.2 Å². The van der Waals surface area contributed by atoms with Crippen LogP contribution in [0.3, 0.4) is 0 Å². The Kier molecular flexibility index (Phi) is 32.4. The lowest BCUT2D eigenvalue weighted by Gasteiger charge is -2.41. The Morgan fingerprint density at radius 1 is 0.448 bits per heavy atom. The largest absolute Gasteiger partial charge is 0.394 e. The van der Waals surface area contributed by atoms with Crippen molar-refractivity contribution in [1.82, 2.24) is 55.6 Å². The Balaban J connectivity index is 4.42. The molecular weight excluding hydrogens is 1120 g/mol. The van der Waals surface area contributed by atoms with E-state index in [0.29, 0.717) is 6.42 Å². The van der Waals surface area contributed by atoms with Crippen LogP contribution in [-0.4, -0.2) is 238 Å².